The standard InChI is InChI=1S/C19H22N2O3S/c22-18(20-11-15-7-4-10-25-15)8-9-21-12-16(17(13-21)19(23)24)14-5-2-1-3-6-14/h1-7,10,16-17H,8-9,11-13H2,(H,20,22)(H,23,24)/t16-,17+/m0/s1. The van der Waals surface area contributed by atoms with Crippen molar-refractivity contribution in [3.63, 3.8) is 0 Å². The van der Waals surface area contributed by atoms with E-state index in [1.807, 2.05) is 47.8 Å². The Kier molecular flexibility index (Phi) is 5.83. The summed E-state index contributed by atoms with van der Waals surface area (Å²) in [5.41, 5.74) is 1.06. The molecule has 3 rings (SSSR count). The van der Waals surface area contributed by atoms with Gasteiger partial charge < -0.3 is 15.3 Å². The number of carbonyl (C=O) groups excluding carboxylic acids is 1. The fourth-order valence-electron chi connectivity index (χ4n) is 3.30. The average Bonchev–Trinajstić information content (AvgIpc) is 3.28. The van der Waals surface area contributed by atoms with E-state index >= 15 is 0 Å². The van der Waals surface area contributed by atoms with Crippen molar-refractivity contribution in [3.8, 4) is 0 Å². The summed E-state index contributed by atoms with van der Waals surface area (Å²) >= 11 is 1.62. The van der Waals surface area contributed by atoms with Crippen molar-refractivity contribution in [1.29, 1.82) is 0 Å². The molecule has 2 heterocycles. The van der Waals surface area contributed by atoms with E-state index in [1.54, 1.807) is 11.3 Å². The van der Waals surface area contributed by atoms with E-state index < -0.39 is 11.9 Å². The number of nitrogens with one attached hydrogen (secondary N) is 1. The van der Waals surface area contributed by atoms with Crippen molar-refractivity contribution in [2.45, 2.75) is 18.9 Å². The minimum Gasteiger partial charge on any atom is -0.481 e. The molecule has 132 valence electrons. The molecule has 2 aromatic rings. The third kappa shape index (κ3) is 4.67. The third-order valence-corrected chi connectivity index (χ3v) is 5.51. The number of carboxylic acids is 1. The van der Waals surface area contributed by atoms with E-state index in [-0.39, 0.29) is 11.8 Å². The van der Waals surface area contributed by atoms with Crippen LogP contribution in [0.5, 0.6) is 0 Å². The quantitative estimate of drug-likeness (QED) is 0.798. The van der Waals surface area contributed by atoms with Gasteiger partial charge in [-0.2, -0.15) is 0 Å². The van der Waals surface area contributed by atoms with Crippen molar-refractivity contribution in [3.05, 3.63) is 58.3 Å². The smallest absolute Gasteiger partial charge is 0.308 e. The van der Waals surface area contributed by atoms with Crippen LogP contribution in [0.15, 0.2) is 47.8 Å². The molecular weight excluding hydrogens is 336 g/mol. The monoisotopic (exact) mass is 358 g/mol. The number of carbonyl (C=O) groups is 2. The van der Waals surface area contributed by atoms with E-state index in [2.05, 4.69) is 10.2 Å². The maximum atomic E-state index is 12.0. The van der Waals surface area contributed by atoms with Crippen LogP contribution in [-0.4, -0.2) is 41.5 Å². The second-order valence-corrected chi connectivity index (χ2v) is 7.36. The molecule has 0 bridgehead atoms. The minimum atomic E-state index is -0.765. The Bertz CT molecular complexity index is 703. The zero-order chi connectivity index (χ0) is 17.6. The number of benzene rings is 1. The van der Waals surface area contributed by atoms with Gasteiger partial charge in [-0.1, -0.05) is 36.4 Å². The second kappa shape index (κ2) is 8.27. The van der Waals surface area contributed by atoms with E-state index in [4.69, 9.17) is 0 Å². The third-order valence-electron chi connectivity index (χ3n) is 4.64. The lowest BCUT2D eigenvalue weighted by molar-refractivity contribution is -0.141. The van der Waals surface area contributed by atoms with E-state index in [1.165, 1.54) is 0 Å². The number of aliphatic carboxylic acids is 1. The first kappa shape index (κ1) is 17.6. The molecule has 1 saturated heterocycles. The fraction of sp³-hybridized carbons (Fsp3) is 0.368. The van der Waals surface area contributed by atoms with Crippen molar-refractivity contribution in [1.82, 2.24) is 10.2 Å². The Morgan fingerprint density at radius 3 is 2.64 bits per heavy atom. The first-order valence-corrected chi connectivity index (χ1v) is 9.30. The predicted octanol–water partition coefficient (Wildman–Crippen LogP) is 2.55. The highest BCUT2D eigenvalue weighted by Crippen LogP contribution is 2.32. The topological polar surface area (TPSA) is 69.6 Å². The molecule has 2 atom stereocenters. The van der Waals surface area contributed by atoms with Gasteiger partial charge in [0, 0.05) is 36.9 Å². The summed E-state index contributed by atoms with van der Waals surface area (Å²) in [5, 5.41) is 14.4. The lowest BCUT2D eigenvalue weighted by Crippen LogP contribution is -2.30. The number of rotatable bonds is 7. The summed E-state index contributed by atoms with van der Waals surface area (Å²) in [6.45, 7) is 2.32. The number of carboxylic acid groups (broad SMARTS) is 1. The first-order valence-electron chi connectivity index (χ1n) is 8.42. The number of thiophene rings is 1. The Hall–Kier alpha value is -2.18. The van der Waals surface area contributed by atoms with Crippen LogP contribution in [0, 0.1) is 5.92 Å². The van der Waals surface area contributed by atoms with Gasteiger partial charge in [0.05, 0.1) is 12.5 Å². The van der Waals surface area contributed by atoms with Crippen molar-refractivity contribution in [2.75, 3.05) is 19.6 Å². The van der Waals surface area contributed by atoms with Crippen molar-refractivity contribution in [2.24, 2.45) is 5.92 Å². The molecular formula is C19H22N2O3S. The van der Waals surface area contributed by atoms with Crippen LogP contribution in [0.2, 0.25) is 0 Å². The Morgan fingerprint density at radius 2 is 1.96 bits per heavy atom. The van der Waals surface area contributed by atoms with Crippen LogP contribution in [0.25, 0.3) is 0 Å². The van der Waals surface area contributed by atoms with Gasteiger partial charge in [0.1, 0.15) is 0 Å². The number of hydrogen-bond donors (Lipinski definition) is 2. The van der Waals surface area contributed by atoms with Crippen LogP contribution < -0.4 is 5.32 Å². The molecule has 0 radical (unpaired) electrons. The van der Waals surface area contributed by atoms with Gasteiger partial charge in [0.25, 0.3) is 0 Å². The number of hydrogen-bond acceptors (Lipinski definition) is 4. The molecule has 1 aliphatic rings. The molecule has 2 N–H and O–H groups in total. The average molecular weight is 358 g/mol. The van der Waals surface area contributed by atoms with E-state index in [0.717, 1.165) is 10.4 Å². The fourth-order valence-corrected chi connectivity index (χ4v) is 3.95. The van der Waals surface area contributed by atoms with Crippen molar-refractivity contribution < 1.29 is 14.7 Å². The van der Waals surface area contributed by atoms with Gasteiger partial charge in [-0.05, 0) is 17.0 Å². The number of likely N-dealkylation sites (tertiary alicyclic amines) is 1. The molecule has 5 nitrogen and oxygen atoms in total. The molecule has 0 aliphatic carbocycles. The highest BCUT2D eigenvalue weighted by atomic mass is 32.1. The zero-order valence-electron chi connectivity index (χ0n) is 13.9. The van der Waals surface area contributed by atoms with Gasteiger partial charge in [0.15, 0.2) is 0 Å². The summed E-state index contributed by atoms with van der Waals surface area (Å²) in [6.07, 6.45) is 0.388. The van der Waals surface area contributed by atoms with E-state index in [9.17, 15) is 14.7 Å². The second-order valence-electron chi connectivity index (χ2n) is 6.33. The molecule has 0 saturated carbocycles. The summed E-state index contributed by atoms with van der Waals surface area (Å²) in [7, 11) is 0. The molecule has 1 amide bonds. The van der Waals surface area contributed by atoms with Gasteiger partial charge >= 0.3 is 5.97 Å². The Labute approximate surface area is 151 Å². The lowest BCUT2D eigenvalue weighted by atomic mass is 9.89. The Balaban J connectivity index is 1.51. The van der Waals surface area contributed by atoms with Gasteiger partial charge in [-0.25, -0.2) is 0 Å². The normalized spacial score (nSPS) is 20.5. The molecule has 0 spiro atoms. The molecule has 1 fully saturated rings. The maximum absolute atomic E-state index is 12.0. The molecule has 1 aromatic carbocycles. The molecule has 25 heavy (non-hydrogen) atoms. The SMILES string of the molecule is O=C(CCN1C[C@@H](C(=O)O)[C@H](c2ccccc2)C1)NCc1cccs1. The van der Waals surface area contributed by atoms with E-state index in [0.29, 0.717) is 32.6 Å². The van der Waals surface area contributed by atoms with Crippen LogP contribution >= 0.6 is 11.3 Å². The lowest BCUT2D eigenvalue weighted by Gasteiger charge is -2.16. The van der Waals surface area contributed by atoms with Gasteiger partial charge in [0.2, 0.25) is 5.91 Å². The summed E-state index contributed by atoms with van der Waals surface area (Å²) in [4.78, 5) is 26.8. The first-order chi connectivity index (χ1) is 12.1. The largest absolute Gasteiger partial charge is 0.481 e. The molecule has 1 aromatic heterocycles. The highest BCUT2D eigenvalue weighted by Gasteiger charge is 2.38. The summed E-state index contributed by atoms with van der Waals surface area (Å²) < 4.78 is 0. The van der Waals surface area contributed by atoms with Crippen LogP contribution in [0.4, 0.5) is 0 Å². The minimum absolute atomic E-state index is 0.00318. The predicted molar refractivity (Wildman–Crippen MR) is 97.5 cm³/mol. The molecule has 1 aliphatic heterocycles. The summed E-state index contributed by atoms with van der Waals surface area (Å²) in [5.74, 6) is -1.20. The summed E-state index contributed by atoms with van der Waals surface area (Å²) in [6, 6.07) is 13.7. The molecule has 0 unspecified atom stereocenters. The highest BCUT2D eigenvalue weighted by molar-refractivity contribution is 7.09. The molecule has 6 heteroatoms. The maximum Gasteiger partial charge on any atom is 0.308 e. The van der Waals surface area contributed by atoms with Crippen LogP contribution in [0.1, 0.15) is 22.8 Å². The van der Waals surface area contributed by atoms with Gasteiger partial charge in [-0.15, -0.1) is 11.3 Å². The Morgan fingerprint density at radius 1 is 1.16 bits per heavy atom. The number of nitrogens with zero attached hydrogens (tertiary/aromatic N) is 1. The van der Waals surface area contributed by atoms with Crippen LogP contribution in [0.3, 0.4) is 0 Å². The number of amides is 1. The van der Waals surface area contributed by atoms with Gasteiger partial charge in [-0.3, -0.25) is 9.59 Å². The van der Waals surface area contributed by atoms with Crippen LogP contribution in [-0.2, 0) is 16.1 Å². The van der Waals surface area contributed by atoms with Crippen molar-refractivity contribution >= 4 is 23.2 Å². The zero-order valence-corrected chi connectivity index (χ0v) is 14.7.